The zero-order valence-electron chi connectivity index (χ0n) is 17.0. The van der Waals surface area contributed by atoms with Crippen molar-refractivity contribution in [2.75, 3.05) is 26.4 Å². The van der Waals surface area contributed by atoms with E-state index in [1.165, 1.54) is 0 Å². The Kier molecular flexibility index (Phi) is 12.0. The first-order valence-corrected chi connectivity index (χ1v) is 9.30. The number of hydrogen-bond acceptors (Lipinski definition) is 7. The lowest BCUT2D eigenvalue weighted by atomic mass is 9.87. The summed E-state index contributed by atoms with van der Waals surface area (Å²) in [6, 6.07) is 7.44. The van der Waals surface area contributed by atoms with Crippen molar-refractivity contribution >= 4 is 18.0 Å². The molecule has 0 aliphatic heterocycles. The van der Waals surface area contributed by atoms with Gasteiger partial charge in [0, 0.05) is 0 Å². The molecule has 1 aromatic rings. The van der Waals surface area contributed by atoms with Crippen LogP contribution in [0.5, 0.6) is 0 Å². The Labute approximate surface area is 171 Å². The molecule has 0 amide bonds. The smallest absolute Gasteiger partial charge is 0.317 e. The Morgan fingerprint density at radius 2 is 1.38 bits per heavy atom. The zero-order chi connectivity index (χ0) is 22.5. The number of benzene rings is 1. The first-order valence-electron chi connectivity index (χ1n) is 9.30. The number of carboxylic acids is 1. The number of aliphatic carboxylic acids is 1. The SMILES string of the molecule is C=Cc1ccc(COC(=O)C(CC)(CO)CO)cc1.CCC(CO)(CO)C(=O)O. The van der Waals surface area contributed by atoms with Crippen LogP contribution >= 0.6 is 0 Å². The molecule has 0 heterocycles. The Balaban J connectivity index is 0.000000665. The third-order valence-corrected chi connectivity index (χ3v) is 5.04. The van der Waals surface area contributed by atoms with Gasteiger partial charge in [-0.3, -0.25) is 9.59 Å². The molecule has 164 valence electrons. The molecule has 0 saturated heterocycles. The number of carboxylic acid groups (broad SMARTS) is 1. The molecule has 29 heavy (non-hydrogen) atoms. The van der Waals surface area contributed by atoms with Gasteiger partial charge in [0.2, 0.25) is 0 Å². The highest BCUT2D eigenvalue weighted by molar-refractivity contribution is 5.77. The van der Waals surface area contributed by atoms with Crippen molar-refractivity contribution in [3.8, 4) is 0 Å². The molecule has 0 fully saturated rings. The summed E-state index contributed by atoms with van der Waals surface area (Å²) in [5.74, 6) is -1.73. The van der Waals surface area contributed by atoms with E-state index in [0.29, 0.717) is 6.42 Å². The summed E-state index contributed by atoms with van der Waals surface area (Å²) in [6.45, 7) is 5.24. The number of ether oxygens (including phenoxy) is 1. The second-order valence-electron chi connectivity index (χ2n) is 6.73. The minimum Gasteiger partial charge on any atom is -0.481 e. The van der Waals surface area contributed by atoms with E-state index in [1.807, 2.05) is 24.3 Å². The van der Waals surface area contributed by atoms with Gasteiger partial charge in [0.15, 0.2) is 0 Å². The van der Waals surface area contributed by atoms with Gasteiger partial charge in [0.05, 0.1) is 26.4 Å². The minimum absolute atomic E-state index is 0.123. The van der Waals surface area contributed by atoms with E-state index in [2.05, 4.69) is 6.58 Å². The summed E-state index contributed by atoms with van der Waals surface area (Å²) < 4.78 is 5.15. The van der Waals surface area contributed by atoms with Crippen LogP contribution in [0.4, 0.5) is 0 Å². The molecular weight excluding hydrogens is 380 g/mol. The second-order valence-corrected chi connectivity index (χ2v) is 6.73. The van der Waals surface area contributed by atoms with Crippen molar-refractivity contribution in [3.63, 3.8) is 0 Å². The molecular formula is C21H32O8. The number of carbonyl (C=O) groups is 2. The molecule has 0 aliphatic rings. The quantitative estimate of drug-likeness (QED) is 0.341. The van der Waals surface area contributed by atoms with Crippen molar-refractivity contribution < 1.29 is 39.9 Å². The average molecular weight is 412 g/mol. The fourth-order valence-corrected chi connectivity index (χ4v) is 2.16. The number of hydrogen-bond donors (Lipinski definition) is 5. The van der Waals surface area contributed by atoms with Gasteiger partial charge in [-0.25, -0.2) is 0 Å². The second kappa shape index (κ2) is 13.1. The highest BCUT2D eigenvalue weighted by Gasteiger charge is 2.37. The molecule has 8 nitrogen and oxygen atoms in total. The van der Waals surface area contributed by atoms with Crippen LogP contribution in [0.3, 0.4) is 0 Å². The normalized spacial score (nSPS) is 11.2. The van der Waals surface area contributed by atoms with E-state index in [4.69, 9.17) is 20.1 Å². The van der Waals surface area contributed by atoms with Gasteiger partial charge >= 0.3 is 11.9 Å². The monoisotopic (exact) mass is 412 g/mol. The zero-order valence-corrected chi connectivity index (χ0v) is 17.0. The predicted octanol–water partition coefficient (Wildman–Crippen LogP) is 1.21. The first kappa shape index (κ1) is 26.7. The van der Waals surface area contributed by atoms with Crippen molar-refractivity contribution in [1.82, 2.24) is 0 Å². The van der Waals surface area contributed by atoms with Crippen LogP contribution in [0.25, 0.3) is 6.08 Å². The number of rotatable bonds is 11. The summed E-state index contributed by atoms with van der Waals surface area (Å²) >= 11 is 0. The lowest BCUT2D eigenvalue weighted by Gasteiger charge is -2.25. The van der Waals surface area contributed by atoms with Crippen molar-refractivity contribution in [2.24, 2.45) is 10.8 Å². The maximum absolute atomic E-state index is 11.9. The maximum Gasteiger partial charge on any atom is 0.317 e. The number of carbonyl (C=O) groups excluding carboxylic acids is 1. The Morgan fingerprint density at radius 3 is 1.66 bits per heavy atom. The van der Waals surface area contributed by atoms with Crippen molar-refractivity contribution in [1.29, 1.82) is 0 Å². The van der Waals surface area contributed by atoms with Crippen LogP contribution in [0, 0.1) is 10.8 Å². The van der Waals surface area contributed by atoms with Crippen molar-refractivity contribution in [3.05, 3.63) is 42.0 Å². The van der Waals surface area contributed by atoms with Gasteiger partial charge in [-0.05, 0) is 24.0 Å². The summed E-state index contributed by atoms with van der Waals surface area (Å²) in [4.78, 5) is 22.3. The third-order valence-electron chi connectivity index (χ3n) is 5.04. The van der Waals surface area contributed by atoms with E-state index >= 15 is 0 Å². The van der Waals surface area contributed by atoms with E-state index in [0.717, 1.165) is 11.1 Å². The van der Waals surface area contributed by atoms with Crippen LogP contribution in [0.1, 0.15) is 37.8 Å². The van der Waals surface area contributed by atoms with E-state index in [9.17, 15) is 19.8 Å². The molecule has 0 aliphatic carbocycles. The van der Waals surface area contributed by atoms with Crippen LogP contribution < -0.4 is 0 Å². The van der Waals surface area contributed by atoms with Crippen LogP contribution in [-0.2, 0) is 20.9 Å². The maximum atomic E-state index is 11.9. The molecule has 0 atom stereocenters. The molecule has 0 radical (unpaired) electrons. The van der Waals surface area contributed by atoms with E-state index in [1.54, 1.807) is 19.9 Å². The fourth-order valence-electron chi connectivity index (χ4n) is 2.16. The summed E-state index contributed by atoms with van der Waals surface area (Å²) in [7, 11) is 0. The van der Waals surface area contributed by atoms with Crippen LogP contribution in [0.2, 0.25) is 0 Å². The fraction of sp³-hybridized carbons (Fsp3) is 0.524. The highest BCUT2D eigenvalue weighted by atomic mass is 16.5. The number of aliphatic hydroxyl groups excluding tert-OH is 4. The average Bonchev–Trinajstić information content (AvgIpc) is 2.76. The Morgan fingerprint density at radius 1 is 0.931 bits per heavy atom. The molecule has 0 unspecified atom stereocenters. The topological polar surface area (TPSA) is 145 Å². The molecule has 8 heteroatoms. The largest absolute Gasteiger partial charge is 0.481 e. The van der Waals surface area contributed by atoms with Crippen molar-refractivity contribution in [2.45, 2.75) is 33.3 Å². The van der Waals surface area contributed by atoms with Gasteiger partial charge < -0.3 is 30.3 Å². The lowest BCUT2D eigenvalue weighted by molar-refractivity contribution is -0.163. The Hall–Kier alpha value is -2.26. The molecule has 0 spiro atoms. The van der Waals surface area contributed by atoms with Gasteiger partial charge in [0.25, 0.3) is 0 Å². The van der Waals surface area contributed by atoms with E-state index in [-0.39, 0.29) is 13.0 Å². The third kappa shape index (κ3) is 7.25. The molecule has 1 aromatic carbocycles. The molecule has 5 N–H and O–H groups in total. The molecule has 1 rings (SSSR count). The first-order chi connectivity index (χ1) is 13.7. The number of esters is 1. The number of aliphatic hydroxyl groups is 4. The van der Waals surface area contributed by atoms with Gasteiger partial charge in [-0.1, -0.05) is 50.8 Å². The van der Waals surface area contributed by atoms with Crippen LogP contribution in [-0.4, -0.2) is 63.9 Å². The summed E-state index contributed by atoms with van der Waals surface area (Å²) in [5.41, 5.74) is -0.718. The summed E-state index contributed by atoms with van der Waals surface area (Å²) in [6.07, 6.45) is 2.29. The van der Waals surface area contributed by atoms with Gasteiger partial charge in [-0.15, -0.1) is 0 Å². The van der Waals surface area contributed by atoms with Gasteiger partial charge in [-0.2, -0.15) is 0 Å². The standard InChI is InChI=1S/C15H20O4.C6H12O4/c1-3-12-5-7-13(8-6-12)9-19-14(18)15(4-2,10-16)11-17;1-2-6(3-7,4-8)5(9)10/h3,5-8,16-17H,1,4,9-11H2,2H3;7-8H,2-4H2,1H3,(H,9,10). The Bertz CT molecular complexity index is 614. The van der Waals surface area contributed by atoms with E-state index < -0.39 is 49.2 Å². The predicted molar refractivity (Wildman–Crippen MR) is 108 cm³/mol. The lowest BCUT2D eigenvalue weighted by Crippen LogP contribution is -2.39. The molecule has 0 saturated carbocycles. The summed E-state index contributed by atoms with van der Waals surface area (Å²) in [5, 5.41) is 44.2. The molecule has 0 aromatic heterocycles. The van der Waals surface area contributed by atoms with Gasteiger partial charge in [0.1, 0.15) is 17.4 Å². The minimum atomic E-state index is -1.35. The van der Waals surface area contributed by atoms with Crippen LogP contribution in [0.15, 0.2) is 30.8 Å². The highest BCUT2D eigenvalue weighted by Crippen LogP contribution is 2.23. The molecule has 0 bridgehead atoms.